The number of hydrogen-bond acceptors (Lipinski definition) is 3. The van der Waals surface area contributed by atoms with Gasteiger partial charge in [-0.1, -0.05) is 6.92 Å². The quantitative estimate of drug-likeness (QED) is 0.654. The van der Waals surface area contributed by atoms with Crippen LogP contribution in [0, 0.1) is 15.9 Å². The van der Waals surface area contributed by atoms with E-state index in [2.05, 4.69) is 4.98 Å². The van der Waals surface area contributed by atoms with Crippen LogP contribution in [0.1, 0.15) is 13.3 Å². The summed E-state index contributed by atoms with van der Waals surface area (Å²) in [6.45, 7) is 2.31. The second-order valence-corrected chi connectivity index (χ2v) is 3.66. The van der Waals surface area contributed by atoms with Crippen molar-refractivity contribution in [2.45, 2.75) is 19.9 Å². The van der Waals surface area contributed by atoms with Crippen LogP contribution >= 0.6 is 0 Å². The third kappa shape index (κ3) is 1.79. The molecule has 0 aliphatic heterocycles. The number of halogens is 1. The number of H-pyrrole nitrogens is 1. The van der Waals surface area contributed by atoms with Crippen molar-refractivity contribution in [3.05, 3.63) is 38.5 Å². The Kier molecular flexibility index (Phi) is 2.66. The number of aromatic amines is 1. The molecule has 90 valence electrons. The first-order chi connectivity index (χ1) is 8.04. The Morgan fingerprint density at radius 2 is 2.24 bits per heavy atom. The molecule has 0 aliphatic carbocycles. The number of nitro benzene ring substituents is 1. The summed E-state index contributed by atoms with van der Waals surface area (Å²) in [6, 6.07) is 2.05. The minimum atomic E-state index is -0.951. The molecule has 0 unspecified atom stereocenters. The fourth-order valence-corrected chi connectivity index (χ4v) is 1.75. The SMILES string of the molecule is CCCn1c(=O)[nH]c2cc(F)c([N+](=O)[O-])cc21. The zero-order chi connectivity index (χ0) is 12.6. The smallest absolute Gasteiger partial charge is 0.305 e. The van der Waals surface area contributed by atoms with Crippen molar-refractivity contribution >= 4 is 16.7 Å². The number of nitro groups is 1. The molecule has 2 aromatic rings. The van der Waals surface area contributed by atoms with Gasteiger partial charge in [-0.15, -0.1) is 0 Å². The molecule has 0 spiro atoms. The highest BCUT2D eigenvalue weighted by atomic mass is 19.1. The van der Waals surface area contributed by atoms with E-state index in [9.17, 15) is 19.3 Å². The van der Waals surface area contributed by atoms with Crippen molar-refractivity contribution in [2.75, 3.05) is 0 Å². The maximum atomic E-state index is 13.3. The lowest BCUT2D eigenvalue weighted by molar-refractivity contribution is -0.387. The molecule has 1 aromatic carbocycles. The maximum Gasteiger partial charge on any atom is 0.326 e. The number of nitrogens with zero attached hydrogens (tertiary/aromatic N) is 2. The van der Waals surface area contributed by atoms with Gasteiger partial charge in [0.2, 0.25) is 5.82 Å². The maximum absolute atomic E-state index is 13.3. The highest BCUT2D eigenvalue weighted by Gasteiger charge is 2.18. The van der Waals surface area contributed by atoms with Crippen LogP contribution in [0.25, 0.3) is 11.0 Å². The number of nitrogens with one attached hydrogen (secondary N) is 1. The Labute approximate surface area is 94.8 Å². The first-order valence-corrected chi connectivity index (χ1v) is 5.11. The van der Waals surface area contributed by atoms with E-state index < -0.39 is 16.4 Å². The number of benzene rings is 1. The van der Waals surface area contributed by atoms with Crippen molar-refractivity contribution in [1.82, 2.24) is 9.55 Å². The van der Waals surface area contributed by atoms with Gasteiger partial charge in [0.25, 0.3) is 0 Å². The van der Waals surface area contributed by atoms with Gasteiger partial charge in [0.05, 0.1) is 16.0 Å². The van der Waals surface area contributed by atoms with Crippen LogP contribution in [0.5, 0.6) is 0 Å². The van der Waals surface area contributed by atoms with E-state index in [4.69, 9.17) is 0 Å². The Hall–Kier alpha value is -2.18. The fraction of sp³-hybridized carbons (Fsp3) is 0.300. The second-order valence-electron chi connectivity index (χ2n) is 3.66. The van der Waals surface area contributed by atoms with Crippen molar-refractivity contribution in [2.24, 2.45) is 0 Å². The number of aromatic nitrogens is 2. The predicted molar refractivity (Wildman–Crippen MR) is 59.5 cm³/mol. The minimum absolute atomic E-state index is 0.270. The third-order valence-corrected chi connectivity index (χ3v) is 2.49. The monoisotopic (exact) mass is 239 g/mol. The summed E-state index contributed by atoms with van der Waals surface area (Å²) in [5, 5.41) is 10.6. The van der Waals surface area contributed by atoms with Crippen molar-refractivity contribution in [3.8, 4) is 0 Å². The fourth-order valence-electron chi connectivity index (χ4n) is 1.75. The van der Waals surface area contributed by atoms with Gasteiger partial charge in [-0.2, -0.15) is 4.39 Å². The summed E-state index contributed by atoms with van der Waals surface area (Å²) in [6.07, 6.45) is 0.706. The van der Waals surface area contributed by atoms with Gasteiger partial charge in [-0.3, -0.25) is 14.7 Å². The van der Waals surface area contributed by atoms with Gasteiger partial charge in [-0.25, -0.2) is 4.79 Å². The van der Waals surface area contributed by atoms with Crippen LogP contribution in [0.15, 0.2) is 16.9 Å². The molecule has 0 aliphatic rings. The average Bonchev–Trinajstić information content (AvgIpc) is 2.54. The molecular formula is C10H10FN3O3. The number of aryl methyl sites for hydroxylation is 1. The van der Waals surface area contributed by atoms with Crippen LogP contribution in [0.4, 0.5) is 10.1 Å². The van der Waals surface area contributed by atoms with Crippen LogP contribution < -0.4 is 5.69 Å². The van der Waals surface area contributed by atoms with E-state index >= 15 is 0 Å². The number of imidazole rings is 1. The molecule has 1 heterocycles. The Balaban J connectivity index is 2.76. The molecule has 6 nitrogen and oxygen atoms in total. The Morgan fingerprint density at radius 3 is 2.82 bits per heavy atom. The van der Waals surface area contributed by atoms with Crippen molar-refractivity contribution < 1.29 is 9.31 Å². The van der Waals surface area contributed by atoms with Gasteiger partial charge in [-0.05, 0) is 6.42 Å². The summed E-state index contributed by atoms with van der Waals surface area (Å²) < 4.78 is 14.7. The van der Waals surface area contributed by atoms with Crippen LogP contribution in [0.2, 0.25) is 0 Å². The second kappa shape index (κ2) is 4.00. The van der Waals surface area contributed by atoms with Gasteiger partial charge in [0, 0.05) is 18.7 Å². The summed E-state index contributed by atoms with van der Waals surface area (Å²) in [7, 11) is 0. The largest absolute Gasteiger partial charge is 0.326 e. The molecule has 0 saturated heterocycles. The molecule has 7 heteroatoms. The zero-order valence-electron chi connectivity index (χ0n) is 9.07. The van der Waals surface area contributed by atoms with E-state index in [-0.39, 0.29) is 11.2 Å². The molecular weight excluding hydrogens is 229 g/mol. The molecule has 0 radical (unpaired) electrons. The minimum Gasteiger partial charge on any atom is -0.305 e. The highest BCUT2D eigenvalue weighted by molar-refractivity contribution is 5.78. The van der Waals surface area contributed by atoms with Gasteiger partial charge in [0.1, 0.15) is 0 Å². The van der Waals surface area contributed by atoms with E-state index in [0.29, 0.717) is 18.5 Å². The lowest BCUT2D eigenvalue weighted by Crippen LogP contribution is -2.16. The normalized spacial score (nSPS) is 10.9. The lowest BCUT2D eigenvalue weighted by Gasteiger charge is -2.00. The molecule has 1 aromatic heterocycles. The molecule has 17 heavy (non-hydrogen) atoms. The lowest BCUT2D eigenvalue weighted by atomic mass is 10.2. The van der Waals surface area contributed by atoms with E-state index in [1.54, 1.807) is 0 Å². The molecule has 0 atom stereocenters. The molecule has 0 fully saturated rings. The highest BCUT2D eigenvalue weighted by Crippen LogP contribution is 2.22. The van der Waals surface area contributed by atoms with E-state index in [0.717, 1.165) is 12.1 Å². The zero-order valence-corrected chi connectivity index (χ0v) is 9.07. The number of hydrogen-bond donors (Lipinski definition) is 1. The first kappa shape index (κ1) is 11.3. The van der Waals surface area contributed by atoms with Gasteiger partial charge < -0.3 is 4.98 Å². The topological polar surface area (TPSA) is 80.9 Å². The van der Waals surface area contributed by atoms with Gasteiger partial charge >= 0.3 is 11.4 Å². The summed E-state index contributed by atoms with van der Waals surface area (Å²) in [5.41, 5.74) is -0.389. The van der Waals surface area contributed by atoms with Crippen LogP contribution in [0.3, 0.4) is 0 Å². The van der Waals surface area contributed by atoms with Gasteiger partial charge in [0.15, 0.2) is 0 Å². The summed E-state index contributed by atoms with van der Waals surface area (Å²) >= 11 is 0. The molecule has 0 amide bonds. The Bertz CT molecular complexity index is 644. The standard InChI is InChI=1S/C10H10FN3O3/c1-2-3-13-9-5-8(14(16)17)6(11)4-7(9)12-10(13)15/h4-5H,2-3H2,1H3,(H,12,15). The van der Waals surface area contributed by atoms with Crippen LogP contribution in [-0.2, 0) is 6.54 Å². The third-order valence-electron chi connectivity index (χ3n) is 2.49. The van der Waals surface area contributed by atoms with E-state index in [1.165, 1.54) is 4.57 Å². The molecule has 1 N–H and O–H groups in total. The number of rotatable bonds is 3. The summed E-state index contributed by atoms with van der Waals surface area (Å²) in [5.74, 6) is -0.951. The predicted octanol–water partition coefficient (Wildman–Crippen LogP) is 1.79. The molecule has 2 rings (SSSR count). The molecule has 0 bridgehead atoms. The Morgan fingerprint density at radius 1 is 1.53 bits per heavy atom. The first-order valence-electron chi connectivity index (χ1n) is 5.11. The average molecular weight is 239 g/mol. The number of fused-ring (bicyclic) bond motifs is 1. The molecule has 0 saturated carbocycles. The van der Waals surface area contributed by atoms with E-state index in [1.807, 2.05) is 6.92 Å². The van der Waals surface area contributed by atoms with Crippen molar-refractivity contribution in [3.63, 3.8) is 0 Å². The summed E-state index contributed by atoms with van der Waals surface area (Å²) in [4.78, 5) is 23.8. The van der Waals surface area contributed by atoms with Crippen LogP contribution in [-0.4, -0.2) is 14.5 Å². The van der Waals surface area contributed by atoms with Crippen molar-refractivity contribution in [1.29, 1.82) is 0 Å².